The molecule has 1 aromatic carbocycles. The van der Waals surface area contributed by atoms with Crippen LogP contribution in [0.15, 0.2) is 34.2 Å². The number of thiazole rings is 1. The Balaban J connectivity index is 2.11. The first-order valence-electron chi connectivity index (χ1n) is 9.16. The maximum Gasteiger partial charge on any atom is 0.416 e. The lowest BCUT2D eigenvalue weighted by Crippen LogP contribution is -2.49. The van der Waals surface area contributed by atoms with E-state index in [4.69, 9.17) is 9.47 Å². The molecular formula is C19H21BrF3N3O5S. The molecule has 176 valence electrons. The maximum atomic E-state index is 12.8. The molecule has 2 atom stereocenters. The smallest absolute Gasteiger partial charge is 0.416 e. The number of alkyl halides is 3. The van der Waals surface area contributed by atoms with Gasteiger partial charge in [-0.15, -0.1) is 0 Å². The number of benzene rings is 1. The average Bonchev–Trinajstić information content (AvgIpc) is 3.07. The zero-order chi connectivity index (χ0) is 24.1. The molecule has 0 spiro atoms. The van der Waals surface area contributed by atoms with E-state index in [1.54, 1.807) is 20.8 Å². The molecule has 3 N–H and O–H groups in total. The minimum atomic E-state index is -4.53. The van der Waals surface area contributed by atoms with Crippen molar-refractivity contribution in [3.05, 3.63) is 45.4 Å². The second kappa shape index (κ2) is 10.5. The number of nitrogens with zero attached hydrogens (tertiary/aromatic N) is 1. The van der Waals surface area contributed by atoms with Crippen molar-refractivity contribution in [1.82, 2.24) is 15.6 Å². The lowest BCUT2D eigenvalue weighted by molar-refractivity contribution is -0.137. The van der Waals surface area contributed by atoms with Crippen molar-refractivity contribution in [3.63, 3.8) is 0 Å². The second-order valence-electron chi connectivity index (χ2n) is 7.52. The molecule has 2 aromatic rings. The molecule has 2 rings (SSSR count). The van der Waals surface area contributed by atoms with Crippen molar-refractivity contribution in [2.75, 3.05) is 6.54 Å². The molecular weight excluding hydrogens is 519 g/mol. The van der Waals surface area contributed by atoms with Crippen molar-refractivity contribution < 1.29 is 37.3 Å². The van der Waals surface area contributed by atoms with Gasteiger partial charge in [-0.05, 0) is 54.4 Å². The van der Waals surface area contributed by atoms with Gasteiger partial charge in [0, 0.05) is 6.54 Å². The van der Waals surface area contributed by atoms with Gasteiger partial charge in [-0.1, -0.05) is 23.5 Å². The van der Waals surface area contributed by atoms with Crippen LogP contribution in [0.25, 0.3) is 0 Å². The molecule has 2 amide bonds. The van der Waals surface area contributed by atoms with Crippen LogP contribution in [-0.2, 0) is 10.9 Å². The van der Waals surface area contributed by atoms with Crippen LogP contribution in [0.2, 0.25) is 0 Å². The van der Waals surface area contributed by atoms with Gasteiger partial charge >= 0.3 is 18.4 Å². The van der Waals surface area contributed by atoms with Gasteiger partial charge in [0.15, 0.2) is 0 Å². The number of rotatable bonds is 6. The van der Waals surface area contributed by atoms with Crippen molar-refractivity contribution in [1.29, 1.82) is 0 Å². The topological polar surface area (TPSA) is 110 Å². The summed E-state index contributed by atoms with van der Waals surface area (Å²) in [5, 5.41) is 15.5. The molecule has 1 heterocycles. The average molecular weight is 540 g/mol. The molecule has 0 aliphatic heterocycles. The van der Waals surface area contributed by atoms with Crippen LogP contribution in [-0.4, -0.2) is 40.5 Å². The Morgan fingerprint density at radius 2 is 1.81 bits per heavy atom. The lowest BCUT2D eigenvalue weighted by Gasteiger charge is -2.27. The van der Waals surface area contributed by atoms with E-state index in [0.29, 0.717) is 3.79 Å². The molecule has 0 fully saturated rings. The third kappa shape index (κ3) is 8.28. The second-order valence-corrected chi connectivity index (χ2v) is 9.89. The molecule has 1 aromatic heterocycles. The highest BCUT2D eigenvalue weighted by molar-refractivity contribution is 9.11. The minimum absolute atomic E-state index is 0.0642. The van der Waals surface area contributed by atoms with Crippen LogP contribution < -0.4 is 15.4 Å². The quantitative estimate of drug-likeness (QED) is 0.493. The minimum Gasteiger partial charge on any atom is -0.444 e. The number of halogens is 4. The predicted octanol–water partition coefficient (Wildman–Crippen LogP) is 4.64. The summed E-state index contributed by atoms with van der Waals surface area (Å²) in [5.74, 6) is 0. The Bertz CT molecular complexity index is 932. The number of aromatic nitrogens is 1. The molecule has 0 saturated carbocycles. The van der Waals surface area contributed by atoms with Gasteiger partial charge in [0.2, 0.25) is 0 Å². The first kappa shape index (κ1) is 25.9. The number of amides is 2. The summed E-state index contributed by atoms with van der Waals surface area (Å²) in [7, 11) is 0. The van der Waals surface area contributed by atoms with E-state index in [1.165, 1.54) is 6.20 Å². The van der Waals surface area contributed by atoms with Gasteiger partial charge in [0.25, 0.3) is 5.19 Å². The van der Waals surface area contributed by atoms with Crippen molar-refractivity contribution in [2.24, 2.45) is 0 Å². The molecule has 0 aliphatic carbocycles. The van der Waals surface area contributed by atoms with Gasteiger partial charge in [-0.3, -0.25) is 0 Å². The monoisotopic (exact) mass is 539 g/mol. The number of alkyl carbamates (subject to hydrolysis) is 1. The third-order valence-corrected chi connectivity index (χ3v) is 5.12. The fourth-order valence-electron chi connectivity index (χ4n) is 2.40. The molecule has 0 radical (unpaired) electrons. The SMILES string of the molecule is CC(C)(C)OC(=O)N[C@H](CNC(=O)Oc1ncc(Br)s1)[C@@H](O)c1ccc(C(F)(F)F)cc1. The summed E-state index contributed by atoms with van der Waals surface area (Å²) >= 11 is 4.24. The molecule has 32 heavy (non-hydrogen) atoms. The number of hydrogen-bond acceptors (Lipinski definition) is 7. The zero-order valence-electron chi connectivity index (χ0n) is 17.2. The number of carbonyl (C=O) groups excluding carboxylic acids is 2. The van der Waals surface area contributed by atoms with E-state index in [1.807, 2.05) is 0 Å². The van der Waals surface area contributed by atoms with Gasteiger partial charge in [0.1, 0.15) is 11.7 Å². The number of ether oxygens (including phenoxy) is 2. The van der Waals surface area contributed by atoms with Crippen molar-refractivity contribution >= 4 is 39.5 Å². The van der Waals surface area contributed by atoms with Crippen molar-refractivity contribution in [3.8, 4) is 5.19 Å². The van der Waals surface area contributed by atoms with E-state index >= 15 is 0 Å². The molecule has 0 aliphatic rings. The Hall–Kier alpha value is -2.38. The largest absolute Gasteiger partial charge is 0.444 e. The summed E-state index contributed by atoms with van der Waals surface area (Å²) in [6, 6.07) is 2.65. The van der Waals surface area contributed by atoms with E-state index in [0.717, 1.165) is 35.6 Å². The zero-order valence-corrected chi connectivity index (χ0v) is 19.6. The number of carbonyl (C=O) groups is 2. The summed E-state index contributed by atoms with van der Waals surface area (Å²) in [6.45, 7) is 4.59. The van der Waals surface area contributed by atoms with Crippen LogP contribution in [0.4, 0.5) is 22.8 Å². The third-order valence-electron chi connectivity index (χ3n) is 3.77. The highest BCUT2D eigenvalue weighted by atomic mass is 79.9. The summed E-state index contributed by atoms with van der Waals surface area (Å²) in [4.78, 5) is 28.0. The Labute approximate surface area is 194 Å². The van der Waals surface area contributed by atoms with Crippen LogP contribution in [0, 0.1) is 0 Å². The Morgan fingerprint density at radius 1 is 1.19 bits per heavy atom. The summed E-state index contributed by atoms with van der Waals surface area (Å²) < 4.78 is 49.2. The summed E-state index contributed by atoms with van der Waals surface area (Å²) in [6.07, 6.45) is -6.34. The van der Waals surface area contributed by atoms with E-state index in [-0.39, 0.29) is 17.3 Å². The molecule has 0 saturated heterocycles. The normalized spacial score (nSPS) is 13.8. The summed E-state index contributed by atoms with van der Waals surface area (Å²) in [5.41, 5.74) is -1.63. The van der Waals surface area contributed by atoms with Crippen LogP contribution in [0.5, 0.6) is 5.19 Å². The van der Waals surface area contributed by atoms with Crippen LogP contribution >= 0.6 is 27.3 Å². The number of nitrogens with one attached hydrogen (secondary N) is 2. The van der Waals surface area contributed by atoms with Gasteiger partial charge in [-0.25, -0.2) is 14.6 Å². The maximum absolute atomic E-state index is 12.8. The number of hydrogen-bond donors (Lipinski definition) is 3. The number of aliphatic hydroxyl groups excluding tert-OH is 1. The van der Waals surface area contributed by atoms with Crippen LogP contribution in [0.1, 0.15) is 38.0 Å². The van der Waals surface area contributed by atoms with E-state index < -0.39 is 41.7 Å². The van der Waals surface area contributed by atoms with Crippen molar-refractivity contribution in [2.45, 2.75) is 44.7 Å². The highest BCUT2D eigenvalue weighted by Gasteiger charge is 2.31. The molecule has 13 heteroatoms. The molecule has 8 nitrogen and oxygen atoms in total. The fourth-order valence-corrected chi connectivity index (χ4v) is 3.41. The first-order valence-corrected chi connectivity index (χ1v) is 10.8. The standard InChI is InChI=1S/C19H21BrF3N3O5S/c1-18(2,3)31-16(29)26-12(8-24-15(28)30-17-25-9-13(20)32-17)14(27)10-4-6-11(7-5-10)19(21,22)23/h4-7,9,12,14,27H,8H2,1-3H3,(H,24,28)(H,26,29)/t12-,14+/m1/s1. The predicted molar refractivity (Wildman–Crippen MR) is 113 cm³/mol. The highest BCUT2D eigenvalue weighted by Crippen LogP contribution is 2.30. The van der Waals surface area contributed by atoms with Gasteiger partial charge < -0.3 is 25.2 Å². The van der Waals surface area contributed by atoms with E-state index in [2.05, 4.69) is 31.5 Å². The van der Waals surface area contributed by atoms with Gasteiger partial charge in [-0.2, -0.15) is 13.2 Å². The van der Waals surface area contributed by atoms with Gasteiger partial charge in [0.05, 0.1) is 21.6 Å². The van der Waals surface area contributed by atoms with Crippen LogP contribution in [0.3, 0.4) is 0 Å². The van der Waals surface area contributed by atoms with E-state index in [9.17, 15) is 27.9 Å². The molecule has 0 unspecified atom stereocenters. The number of aliphatic hydroxyl groups is 1. The molecule has 0 bridgehead atoms. The fraction of sp³-hybridized carbons (Fsp3) is 0.421. The lowest BCUT2D eigenvalue weighted by atomic mass is 10.0. The Morgan fingerprint density at radius 3 is 2.31 bits per heavy atom. The Kier molecular flexibility index (Phi) is 8.48. The first-order chi connectivity index (χ1) is 14.7.